The molecule has 1 atom stereocenters. The van der Waals surface area contributed by atoms with Crippen molar-refractivity contribution in [1.82, 2.24) is 19.7 Å². The third-order valence-electron chi connectivity index (χ3n) is 6.14. The number of carbonyl (C=O) groups excluding carboxylic acids is 1. The van der Waals surface area contributed by atoms with Crippen molar-refractivity contribution in [2.24, 2.45) is 0 Å². The molecule has 32 heavy (non-hydrogen) atoms. The Bertz CT molecular complexity index is 1100. The fourth-order valence-corrected chi connectivity index (χ4v) is 7.71. The number of sulfone groups is 1. The molecular weight excluding hydrogens is 491 g/mol. The van der Waals surface area contributed by atoms with Crippen LogP contribution >= 0.6 is 35.0 Å². The van der Waals surface area contributed by atoms with E-state index in [1.54, 1.807) is 12.1 Å². The number of nitrogens with zero attached hydrogens (tertiary/aromatic N) is 4. The van der Waals surface area contributed by atoms with Gasteiger partial charge in [0.05, 0.1) is 22.3 Å². The van der Waals surface area contributed by atoms with Crippen LogP contribution in [0, 0.1) is 0 Å². The molecule has 0 radical (unpaired) electrons. The summed E-state index contributed by atoms with van der Waals surface area (Å²) in [5.74, 6) is 1.03. The zero-order valence-corrected chi connectivity index (χ0v) is 21.0. The van der Waals surface area contributed by atoms with Crippen molar-refractivity contribution in [1.29, 1.82) is 0 Å². The number of amides is 1. The number of carbonyl (C=O) groups is 1. The SMILES string of the molecule is CCn1c(SCC(=O)N(C2CCCC2)[C@@H]2CCS(=O)(=O)C2)nnc1-c1ccc(Cl)cc1Cl. The van der Waals surface area contributed by atoms with E-state index in [1.807, 2.05) is 22.5 Å². The maximum atomic E-state index is 13.3. The molecule has 2 heterocycles. The molecule has 1 aromatic heterocycles. The molecule has 2 aliphatic rings. The van der Waals surface area contributed by atoms with Gasteiger partial charge in [-0.1, -0.05) is 47.8 Å². The summed E-state index contributed by atoms with van der Waals surface area (Å²) in [7, 11) is -3.06. The monoisotopic (exact) mass is 516 g/mol. The summed E-state index contributed by atoms with van der Waals surface area (Å²) in [5, 5.41) is 10.3. The molecule has 1 aliphatic carbocycles. The van der Waals surface area contributed by atoms with Crippen LogP contribution in [0.1, 0.15) is 39.0 Å². The highest BCUT2D eigenvalue weighted by molar-refractivity contribution is 7.99. The van der Waals surface area contributed by atoms with Gasteiger partial charge in [-0.25, -0.2) is 8.42 Å². The molecule has 1 saturated heterocycles. The molecule has 174 valence electrons. The maximum Gasteiger partial charge on any atom is 0.233 e. The number of benzene rings is 1. The highest BCUT2D eigenvalue weighted by Crippen LogP contribution is 2.33. The standard InChI is InChI=1S/C21H26Cl2N4O3S2/c1-2-26-20(17-8-7-14(22)11-18(17)23)24-25-21(26)31-12-19(28)27(15-5-3-4-6-15)16-9-10-32(29,30)13-16/h7-8,11,15-16H,2-6,9-10,12-13H2,1H3/t16-/m1/s1. The molecule has 1 aromatic carbocycles. The van der Waals surface area contributed by atoms with E-state index in [-0.39, 0.29) is 35.2 Å². The number of aromatic nitrogens is 3. The zero-order chi connectivity index (χ0) is 22.9. The molecule has 2 aromatic rings. The Morgan fingerprint density at radius 1 is 1.19 bits per heavy atom. The van der Waals surface area contributed by atoms with Crippen molar-refractivity contribution in [2.75, 3.05) is 17.3 Å². The first-order valence-corrected chi connectivity index (χ1v) is 14.4. The molecule has 7 nitrogen and oxygen atoms in total. The van der Waals surface area contributed by atoms with Gasteiger partial charge < -0.3 is 9.47 Å². The maximum absolute atomic E-state index is 13.3. The summed E-state index contributed by atoms with van der Waals surface area (Å²) >= 11 is 13.7. The lowest BCUT2D eigenvalue weighted by Gasteiger charge is -2.34. The molecular formula is C21H26Cl2N4O3S2. The molecule has 2 fully saturated rings. The van der Waals surface area contributed by atoms with E-state index in [0.29, 0.717) is 34.0 Å². The molecule has 0 unspecified atom stereocenters. The van der Waals surface area contributed by atoms with Crippen LogP contribution in [-0.2, 0) is 21.2 Å². The largest absolute Gasteiger partial charge is 0.335 e. The molecule has 11 heteroatoms. The minimum Gasteiger partial charge on any atom is -0.335 e. The summed E-state index contributed by atoms with van der Waals surface area (Å²) in [6.45, 7) is 2.60. The fourth-order valence-electron chi connectivity index (χ4n) is 4.63. The van der Waals surface area contributed by atoms with Crippen molar-refractivity contribution >= 4 is 50.7 Å². The van der Waals surface area contributed by atoms with Crippen molar-refractivity contribution < 1.29 is 13.2 Å². The van der Waals surface area contributed by atoms with E-state index >= 15 is 0 Å². The van der Waals surface area contributed by atoms with Crippen molar-refractivity contribution in [3.05, 3.63) is 28.2 Å². The minimum atomic E-state index is -3.06. The topological polar surface area (TPSA) is 85.2 Å². The molecule has 1 amide bonds. The summed E-state index contributed by atoms with van der Waals surface area (Å²) in [4.78, 5) is 15.2. The van der Waals surface area contributed by atoms with E-state index in [9.17, 15) is 13.2 Å². The molecule has 1 aliphatic heterocycles. The average Bonchev–Trinajstić information content (AvgIpc) is 3.47. The highest BCUT2D eigenvalue weighted by Gasteiger charge is 2.39. The van der Waals surface area contributed by atoms with Crippen LogP contribution in [0.25, 0.3) is 11.4 Å². The Morgan fingerprint density at radius 3 is 2.56 bits per heavy atom. The Labute approximate surface area is 202 Å². The van der Waals surface area contributed by atoms with Crippen LogP contribution in [0.3, 0.4) is 0 Å². The Hall–Kier alpha value is -1.29. The molecule has 0 spiro atoms. The Morgan fingerprint density at radius 2 is 1.94 bits per heavy atom. The predicted octanol–water partition coefficient (Wildman–Crippen LogP) is 4.32. The van der Waals surface area contributed by atoms with Gasteiger partial charge in [0.1, 0.15) is 0 Å². The van der Waals surface area contributed by atoms with Gasteiger partial charge in [-0.3, -0.25) is 4.79 Å². The van der Waals surface area contributed by atoms with Crippen LogP contribution < -0.4 is 0 Å². The van der Waals surface area contributed by atoms with Gasteiger partial charge >= 0.3 is 0 Å². The third-order valence-corrected chi connectivity index (χ3v) is 9.39. The Kier molecular flexibility index (Phi) is 7.39. The van der Waals surface area contributed by atoms with Crippen molar-refractivity contribution in [3.8, 4) is 11.4 Å². The predicted molar refractivity (Wildman–Crippen MR) is 128 cm³/mol. The summed E-state index contributed by atoms with van der Waals surface area (Å²) < 4.78 is 26.0. The van der Waals surface area contributed by atoms with Crippen LogP contribution in [0.4, 0.5) is 0 Å². The first kappa shape index (κ1) is 23.9. The minimum absolute atomic E-state index is 0.0271. The highest BCUT2D eigenvalue weighted by atomic mass is 35.5. The number of rotatable bonds is 7. The quantitative estimate of drug-likeness (QED) is 0.509. The van der Waals surface area contributed by atoms with Crippen LogP contribution in [0.2, 0.25) is 10.0 Å². The van der Waals surface area contributed by atoms with Gasteiger partial charge in [-0.15, -0.1) is 10.2 Å². The normalized spacial score (nSPS) is 20.7. The fraction of sp³-hybridized carbons (Fsp3) is 0.571. The number of hydrogen-bond acceptors (Lipinski definition) is 6. The van der Waals surface area contributed by atoms with E-state index in [2.05, 4.69) is 10.2 Å². The molecule has 0 N–H and O–H groups in total. The van der Waals surface area contributed by atoms with Gasteiger partial charge in [0, 0.05) is 29.2 Å². The lowest BCUT2D eigenvalue weighted by molar-refractivity contribution is -0.132. The zero-order valence-electron chi connectivity index (χ0n) is 17.8. The van der Waals surface area contributed by atoms with E-state index in [4.69, 9.17) is 23.2 Å². The summed E-state index contributed by atoms with van der Waals surface area (Å²) in [6.07, 6.45) is 4.57. The van der Waals surface area contributed by atoms with Gasteiger partial charge in [0.15, 0.2) is 20.8 Å². The average molecular weight is 518 g/mol. The number of thioether (sulfide) groups is 1. The summed E-state index contributed by atoms with van der Waals surface area (Å²) in [6, 6.07) is 5.14. The first-order valence-electron chi connectivity index (χ1n) is 10.8. The lowest BCUT2D eigenvalue weighted by atomic mass is 10.1. The second kappa shape index (κ2) is 9.91. The smallest absolute Gasteiger partial charge is 0.233 e. The van der Waals surface area contributed by atoms with E-state index in [1.165, 1.54) is 11.8 Å². The first-order chi connectivity index (χ1) is 15.3. The third kappa shape index (κ3) is 5.11. The van der Waals surface area contributed by atoms with Crippen LogP contribution in [0.15, 0.2) is 23.4 Å². The van der Waals surface area contributed by atoms with Gasteiger partial charge in [-0.05, 0) is 44.4 Å². The molecule has 4 rings (SSSR count). The van der Waals surface area contributed by atoms with Gasteiger partial charge in [0.2, 0.25) is 5.91 Å². The number of halogens is 2. The molecule has 1 saturated carbocycles. The van der Waals surface area contributed by atoms with Gasteiger partial charge in [0.25, 0.3) is 0 Å². The summed E-state index contributed by atoms with van der Waals surface area (Å²) in [5.41, 5.74) is 0.729. The van der Waals surface area contributed by atoms with E-state index < -0.39 is 9.84 Å². The second-order valence-corrected chi connectivity index (χ2v) is 12.3. The van der Waals surface area contributed by atoms with Crippen molar-refractivity contribution in [2.45, 2.75) is 62.8 Å². The Balaban J connectivity index is 1.51. The van der Waals surface area contributed by atoms with Crippen molar-refractivity contribution in [3.63, 3.8) is 0 Å². The number of hydrogen-bond donors (Lipinski definition) is 0. The van der Waals surface area contributed by atoms with Crippen LogP contribution in [0.5, 0.6) is 0 Å². The second-order valence-electron chi connectivity index (χ2n) is 8.26. The lowest BCUT2D eigenvalue weighted by Crippen LogP contribution is -2.47. The van der Waals surface area contributed by atoms with Crippen LogP contribution in [-0.4, -0.2) is 63.3 Å². The molecule has 0 bridgehead atoms. The van der Waals surface area contributed by atoms with E-state index in [0.717, 1.165) is 31.2 Å². The van der Waals surface area contributed by atoms with Gasteiger partial charge in [-0.2, -0.15) is 0 Å².